The summed E-state index contributed by atoms with van der Waals surface area (Å²) in [4.78, 5) is 52.2. The minimum atomic E-state index is -0.921. The normalized spacial score (nSPS) is 17.5. The summed E-state index contributed by atoms with van der Waals surface area (Å²) in [5.74, 6) is -0.756. The average molecular weight is 594 g/mol. The standard InChI is InChI=1S/C35H39N5O4/c1-3-10-30(38-34(43)29-18-17-25-12-4-5-15-28(25)37-29)35(44)39(2)31-16-9-20-40(23-32(31)41)33(42)22-24-11-8-13-26(21-24)27-14-6-7-19-36-27/h4-8,11-15,17-19,21,30-32,41H,3,9-10,16,20,22-23H2,1-2H3,(H,38,43)/t30-,31?,32?/m0/s1. The average Bonchev–Trinajstić information content (AvgIpc) is 3.25. The molecule has 3 atom stereocenters. The van der Waals surface area contributed by atoms with Crippen LogP contribution >= 0.6 is 0 Å². The molecule has 3 amide bonds. The fraction of sp³-hybridized carbons (Fsp3) is 0.343. The second kappa shape index (κ2) is 14.2. The molecule has 1 fully saturated rings. The maximum atomic E-state index is 13.7. The first-order valence-electron chi connectivity index (χ1n) is 15.2. The molecule has 0 spiro atoms. The van der Waals surface area contributed by atoms with E-state index < -0.39 is 24.1 Å². The number of hydrogen-bond acceptors (Lipinski definition) is 6. The molecule has 9 heteroatoms. The van der Waals surface area contributed by atoms with Crippen LogP contribution in [0.25, 0.3) is 22.2 Å². The second-order valence-corrected chi connectivity index (χ2v) is 11.4. The Bertz CT molecular complexity index is 1610. The van der Waals surface area contributed by atoms with E-state index in [1.807, 2.05) is 79.7 Å². The van der Waals surface area contributed by atoms with Crippen LogP contribution in [-0.4, -0.2) is 80.9 Å². The quantitative estimate of drug-likeness (QED) is 0.300. The van der Waals surface area contributed by atoms with Gasteiger partial charge in [-0.25, -0.2) is 4.98 Å². The van der Waals surface area contributed by atoms with Crippen LogP contribution in [0.15, 0.2) is 85.1 Å². The van der Waals surface area contributed by atoms with Crippen LogP contribution in [0.5, 0.6) is 0 Å². The number of fused-ring (bicyclic) bond motifs is 1. The van der Waals surface area contributed by atoms with E-state index >= 15 is 0 Å². The third-order valence-electron chi connectivity index (χ3n) is 8.23. The van der Waals surface area contributed by atoms with Crippen LogP contribution in [0.3, 0.4) is 0 Å². The van der Waals surface area contributed by atoms with E-state index in [0.29, 0.717) is 37.7 Å². The van der Waals surface area contributed by atoms with Gasteiger partial charge in [0.05, 0.1) is 29.8 Å². The van der Waals surface area contributed by atoms with Gasteiger partial charge in [0.15, 0.2) is 0 Å². The number of likely N-dealkylation sites (tertiary alicyclic amines) is 1. The highest BCUT2D eigenvalue weighted by atomic mass is 16.3. The van der Waals surface area contributed by atoms with Gasteiger partial charge in [-0.1, -0.05) is 61.9 Å². The molecule has 0 radical (unpaired) electrons. The predicted molar refractivity (Wildman–Crippen MR) is 170 cm³/mol. The number of para-hydroxylation sites is 1. The molecule has 0 saturated carbocycles. The van der Waals surface area contributed by atoms with Crippen molar-refractivity contribution >= 4 is 28.6 Å². The Morgan fingerprint density at radius 3 is 2.66 bits per heavy atom. The first kappa shape index (κ1) is 30.8. The molecule has 5 rings (SSSR count). The number of carbonyl (C=O) groups is 3. The monoisotopic (exact) mass is 593 g/mol. The SMILES string of the molecule is CCC[C@H](NC(=O)c1ccc2ccccc2n1)C(=O)N(C)C1CCCN(C(=O)Cc2cccc(-c3ccccn3)c2)CC1O. The van der Waals surface area contributed by atoms with Crippen molar-refractivity contribution in [2.45, 2.75) is 57.2 Å². The van der Waals surface area contributed by atoms with Gasteiger partial charge >= 0.3 is 0 Å². The van der Waals surface area contributed by atoms with Gasteiger partial charge in [-0.05, 0) is 55.2 Å². The number of aliphatic hydroxyl groups excluding tert-OH is 1. The zero-order valence-electron chi connectivity index (χ0n) is 25.2. The lowest BCUT2D eigenvalue weighted by atomic mass is 10.0. The minimum Gasteiger partial charge on any atom is -0.389 e. The summed E-state index contributed by atoms with van der Waals surface area (Å²) in [5, 5.41) is 15.0. The zero-order valence-corrected chi connectivity index (χ0v) is 25.2. The lowest BCUT2D eigenvalue weighted by Gasteiger charge is -2.34. The summed E-state index contributed by atoms with van der Waals surface area (Å²) in [5.41, 5.74) is 3.61. The number of pyridine rings is 2. The molecular weight excluding hydrogens is 554 g/mol. The molecular formula is C35H39N5O4. The number of benzene rings is 2. The molecule has 2 unspecified atom stereocenters. The summed E-state index contributed by atoms with van der Waals surface area (Å²) < 4.78 is 0. The van der Waals surface area contributed by atoms with Crippen molar-refractivity contribution < 1.29 is 19.5 Å². The van der Waals surface area contributed by atoms with Crippen molar-refractivity contribution in [3.05, 3.63) is 96.3 Å². The Kier molecular flexibility index (Phi) is 9.96. The molecule has 1 aliphatic heterocycles. The highest BCUT2D eigenvalue weighted by Gasteiger charge is 2.35. The van der Waals surface area contributed by atoms with E-state index in [4.69, 9.17) is 0 Å². The van der Waals surface area contributed by atoms with Crippen molar-refractivity contribution in [1.29, 1.82) is 0 Å². The van der Waals surface area contributed by atoms with E-state index in [2.05, 4.69) is 15.3 Å². The van der Waals surface area contributed by atoms with Gasteiger partial charge in [-0.15, -0.1) is 0 Å². The van der Waals surface area contributed by atoms with E-state index in [1.54, 1.807) is 29.1 Å². The van der Waals surface area contributed by atoms with Crippen LogP contribution in [0.2, 0.25) is 0 Å². The Morgan fingerprint density at radius 1 is 1.05 bits per heavy atom. The smallest absolute Gasteiger partial charge is 0.270 e. The van der Waals surface area contributed by atoms with Crippen molar-refractivity contribution in [2.24, 2.45) is 0 Å². The Hall–Kier alpha value is -4.63. The lowest BCUT2D eigenvalue weighted by molar-refractivity contribution is -0.137. The van der Waals surface area contributed by atoms with Gasteiger partial charge in [-0.2, -0.15) is 0 Å². The number of β-amino-alcohol motifs (C(OH)–C–C–N with tert-alkyl or cyclic N) is 1. The van der Waals surface area contributed by atoms with Gasteiger partial charge in [0.2, 0.25) is 11.8 Å². The summed E-state index contributed by atoms with van der Waals surface area (Å²) in [7, 11) is 1.67. The fourth-order valence-electron chi connectivity index (χ4n) is 5.84. The number of carbonyl (C=O) groups excluding carboxylic acids is 3. The molecule has 228 valence electrons. The highest BCUT2D eigenvalue weighted by Crippen LogP contribution is 2.22. The Labute approximate surface area is 257 Å². The number of aliphatic hydroxyl groups is 1. The molecule has 2 aromatic carbocycles. The summed E-state index contributed by atoms with van der Waals surface area (Å²) in [6, 6.07) is 23.3. The molecule has 3 heterocycles. The van der Waals surface area contributed by atoms with Crippen LogP contribution in [0.1, 0.15) is 48.7 Å². The number of nitrogens with one attached hydrogen (secondary N) is 1. The number of amides is 3. The third kappa shape index (κ3) is 7.29. The van der Waals surface area contributed by atoms with Gasteiger partial charge in [-0.3, -0.25) is 19.4 Å². The van der Waals surface area contributed by atoms with E-state index in [9.17, 15) is 19.5 Å². The summed E-state index contributed by atoms with van der Waals surface area (Å²) in [6.45, 7) is 2.58. The first-order chi connectivity index (χ1) is 21.3. The topological polar surface area (TPSA) is 116 Å². The summed E-state index contributed by atoms with van der Waals surface area (Å²) in [6.07, 6.45) is 3.35. The zero-order chi connectivity index (χ0) is 31.1. The molecule has 0 bridgehead atoms. The predicted octanol–water partition coefficient (Wildman–Crippen LogP) is 4.25. The van der Waals surface area contributed by atoms with Crippen molar-refractivity contribution in [3.8, 4) is 11.3 Å². The molecule has 0 aliphatic carbocycles. The van der Waals surface area contributed by atoms with Crippen LogP contribution < -0.4 is 5.32 Å². The minimum absolute atomic E-state index is 0.0733. The largest absolute Gasteiger partial charge is 0.389 e. The molecule has 2 N–H and O–H groups in total. The number of likely N-dealkylation sites (N-methyl/N-ethyl adjacent to an activating group) is 1. The van der Waals surface area contributed by atoms with E-state index in [-0.39, 0.29) is 30.5 Å². The van der Waals surface area contributed by atoms with Crippen molar-refractivity contribution in [1.82, 2.24) is 25.1 Å². The number of aromatic nitrogens is 2. The summed E-state index contributed by atoms with van der Waals surface area (Å²) >= 11 is 0. The maximum absolute atomic E-state index is 13.7. The van der Waals surface area contributed by atoms with Crippen LogP contribution in [-0.2, 0) is 16.0 Å². The number of nitrogens with zero attached hydrogens (tertiary/aromatic N) is 4. The van der Waals surface area contributed by atoms with Gasteiger partial charge in [0.1, 0.15) is 11.7 Å². The lowest BCUT2D eigenvalue weighted by Crippen LogP contribution is -2.54. The molecule has 4 aromatic rings. The van der Waals surface area contributed by atoms with Gasteiger partial charge < -0.3 is 20.2 Å². The second-order valence-electron chi connectivity index (χ2n) is 11.4. The molecule has 1 saturated heterocycles. The van der Waals surface area contributed by atoms with Crippen molar-refractivity contribution in [2.75, 3.05) is 20.1 Å². The van der Waals surface area contributed by atoms with E-state index in [0.717, 1.165) is 22.2 Å². The number of hydrogen-bond donors (Lipinski definition) is 2. The molecule has 9 nitrogen and oxygen atoms in total. The number of rotatable bonds is 9. The Morgan fingerprint density at radius 2 is 1.86 bits per heavy atom. The van der Waals surface area contributed by atoms with Gasteiger partial charge in [0.25, 0.3) is 5.91 Å². The van der Waals surface area contributed by atoms with Gasteiger partial charge in [0, 0.05) is 37.3 Å². The molecule has 1 aliphatic rings. The third-order valence-corrected chi connectivity index (χ3v) is 8.23. The van der Waals surface area contributed by atoms with E-state index in [1.165, 1.54) is 0 Å². The van der Waals surface area contributed by atoms with Crippen molar-refractivity contribution in [3.63, 3.8) is 0 Å². The van der Waals surface area contributed by atoms with Crippen LogP contribution in [0, 0.1) is 0 Å². The highest BCUT2D eigenvalue weighted by molar-refractivity contribution is 5.97. The Balaban J connectivity index is 1.21. The maximum Gasteiger partial charge on any atom is 0.270 e. The first-order valence-corrected chi connectivity index (χ1v) is 15.2. The molecule has 2 aromatic heterocycles. The molecule has 44 heavy (non-hydrogen) atoms. The van der Waals surface area contributed by atoms with Crippen LogP contribution in [0.4, 0.5) is 0 Å². The fourth-order valence-corrected chi connectivity index (χ4v) is 5.84.